The molecule has 0 bridgehead atoms. The molecule has 0 saturated carbocycles. The number of rotatable bonds is 5. The van der Waals surface area contributed by atoms with Crippen LogP contribution in [-0.4, -0.2) is 18.6 Å². The minimum Gasteiger partial charge on any atom is -0.463 e. The van der Waals surface area contributed by atoms with E-state index in [2.05, 4.69) is 11.9 Å². The van der Waals surface area contributed by atoms with Crippen LogP contribution in [-0.2, 0) is 9.53 Å². The molecule has 0 aliphatic heterocycles. The Morgan fingerprint density at radius 2 is 2.06 bits per heavy atom. The third kappa shape index (κ3) is 3.42. The summed E-state index contributed by atoms with van der Waals surface area (Å²) in [5.41, 5.74) is 1.39. The smallest absolute Gasteiger partial charge is 0.335 e. The third-order valence-electron chi connectivity index (χ3n) is 2.22. The van der Waals surface area contributed by atoms with Gasteiger partial charge in [0.25, 0.3) is 0 Å². The Morgan fingerprint density at radius 1 is 1.44 bits per heavy atom. The second-order valence-electron chi connectivity index (χ2n) is 3.48. The molecule has 0 aliphatic rings. The molecular formula is C13H17NO2. The van der Waals surface area contributed by atoms with Crippen molar-refractivity contribution < 1.29 is 9.53 Å². The first kappa shape index (κ1) is 12.3. The molecule has 1 N–H and O–H groups in total. The van der Waals surface area contributed by atoms with Gasteiger partial charge in [0.2, 0.25) is 0 Å². The molecule has 1 unspecified atom stereocenters. The first-order valence-corrected chi connectivity index (χ1v) is 5.32. The molecule has 1 atom stereocenters. The second kappa shape index (κ2) is 5.95. The molecule has 86 valence electrons. The van der Waals surface area contributed by atoms with Crippen molar-refractivity contribution in [1.29, 1.82) is 0 Å². The quantitative estimate of drug-likeness (QED) is 0.611. The molecule has 0 heterocycles. The maximum atomic E-state index is 11.4. The van der Waals surface area contributed by atoms with Crippen molar-refractivity contribution in [3.63, 3.8) is 0 Å². The van der Waals surface area contributed by atoms with E-state index < -0.39 is 0 Å². The Hall–Kier alpha value is -1.77. The minimum absolute atomic E-state index is 0.138. The summed E-state index contributed by atoms with van der Waals surface area (Å²) in [7, 11) is 0. The number of benzene rings is 1. The first-order chi connectivity index (χ1) is 7.65. The zero-order valence-corrected chi connectivity index (χ0v) is 9.69. The van der Waals surface area contributed by atoms with Crippen molar-refractivity contribution in [1.82, 2.24) is 0 Å². The summed E-state index contributed by atoms with van der Waals surface area (Å²) in [4.78, 5) is 11.4. The van der Waals surface area contributed by atoms with Crippen LogP contribution < -0.4 is 5.32 Å². The van der Waals surface area contributed by atoms with E-state index in [1.165, 1.54) is 0 Å². The van der Waals surface area contributed by atoms with Gasteiger partial charge in [0, 0.05) is 5.69 Å². The fourth-order valence-corrected chi connectivity index (χ4v) is 1.27. The first-order valence-electron chi connectivity index (χ1n) is 5.32. The maximum absolute atomic E-state index is 11.4. The summed E-state index contributed by atoms with van der Waals surface area (Å²) >= 11 is 0. The highest BCUT2D eigenvalue weighted by atomic mass is 16.5. The Balaban J connectivity index is 2.55. The number of esters is 1. The summed E-state index contributed by atoms with van der Waals surface area (Å²) in [5, 5.41) is 3.18. The summed E-state index contributed by atoms with van der Waals surface area (Å²) in [6.07, 6.45) is 0. The molecule has 3 heteroatoms. The molecule has 1 aromatic rings. The van der Waals surface area contributed by atoms with Gasteiger partial charge in [0.1, 0.15) is 0 Å². The van der Waals surface area contributed by atoms with Gasteiger partial charge in [-0.3, -0.25) is 0 Å². The van der Waals surface area contributed by atoms with Gasteiger partial charge >= 0.3 is 5.97 Å². The lowest BCUT2D eigenvalue weighted by Gasteiger charge is -2.16. The van der Waals surface area contributed by atoms with Crippen LogP contribution in [0.15, 0.2) is 42.5 Å². The second-order valence-corrected chi connectivity index (χ2v) is 3.48. The van der Waals surface area contributed by atoms with Crippen molar-refractivity contribution in [2.45, 2.75) is 19.9 Å². The van der Waals surface area contributed by atoms with Gasteiger partial charge < -0.3 is 10.1 Å². The van der Waals surface area contributed by atoms with Crippen LogP contribution in [0, 0.1) is 0 Å². The standard InChI is InChI=1S/C13H17NO2/c1-4-16-13(15)10(2)11(3)14-12-8-6-5-7-9-12/h5-9,11,14H,2,4H2,1,3H3. The van der Waals surface area contributed by atoms with Crippen LogP contribution in [0.1, 0.15) is 13.8 Å². The van der Waals surface area contributed by atoms with Crippen molar-refractivity contribution in [2.75, 3.05) is 11.9 Å². The van der Waals surface area contributed by atoms with Gasteiger partial charge in [-0.25, -0.2) is 4.79 Å². The summed E-state index contributed by atoms with van der Waals surface area (Å²) in [6, 6.07) is 9.55. The van der Waals surface area contributed by atoms with Gasteiger partial charge in [-0.15, -0.1) is 0 Å². The summed E-state index contributed by atoms with van der Waals surface area (Å²) in [5.74, 6) is -0.349. The number of carbonyl (C=O) groups is 1. The minimum atomic E-state index is -0.349. The van der Waals surface area contributed by atoms with Gasteiger partial charge in [-0.1, -0.05) is 24.8 Å². The number of hydrogen-bond acceptors (Lipinski definition) is 3. The van der Waals surface area contributed by atoms with Crippen LogP contribution in [0.25, 0.3) is 0 Å². The Labute approximate surface area is 96.1 Å². The highest BCUT2D eigenvalue weighted by Crippen LogP contribution is 2.11. The molecule has 0 saturated heterocycles. The fraction of sp³-hybridized carbons (Fsp3) is 0.308. The largest absolute Gasteiger partial charge is 0.463 e. The van der Waals surface area contributed by atoms with E-state index >= 15 is 0 Å². The monoisotopic (exact) mass is 219 g/mol. The Morgan fingerprint density at radius 3 is 2.62 bits per heavy atom. The molecule has 3 nitrogen and oxygen atoms in total. The van der Waals surface area contributed by atoms with E-state index in [0.717, 1.165) is 5.69 Å². The molecule has 0 radical (unpaired) electrons. The van der Waals surface area contributed by atoms with Crippen molar-refractivity contribution in [3.8, 4) is 0 Å². The van der Waals surface area contributed by atoms with Crippen LogP contribution in [0.3, 0.4) is 0 Å². The average molecular weight is 219 g/mol. The van der Waals surface area contributed by atoms with Crippen molar-refractivity contribution in [2.24, 2.45) is 0 Å². The Bertz CT molecular complexity index is 359. The molecule has 0 aromatic heterocycles. The number of nitrogens with one attached hydrogen (secondary N) is 1. The van der Waals surface area contributed by atoms with Crippen molar-refractivity contribution in [3.05, 3.63) is 42.5 Å². The summed E-state index contributed by atoms with van der Waals surface area (Å²) < 4.78 is 4.88. The lowest BCUT2D eigenvalue weighted by molar-refractivity contribution is -0.138. The molecule has 0 spiro atoms. The van der Waals surface area contributed by atoms with E-state index in [1.54, 1.807) is 6.92 Å². The molecule has 16 heavy (non-hydrogen) atoms. The number of carbonyl (C=O) groups excluding carboxylic acids is 1. The van der Waals surface area contributed by atoms with Crippen LogP contribution in [0.5, 0.6) is 0 Å². The molecule has 1 aromatic carbocycles. The average Bonchev–Trinajstić information content (AvgIpc) is 2.29. The lowest BCUT2D eigenvalue weighted by Crippen LogP contribution is -2.24. The zero-order chi connectivity index (χ0) is 12.0. The van der Waals surface area contributed by atoms with E-state index in [-0.39, 0.29) is 12.0 Å². The number of ether oxygens (including phenoxy) is 1. The van der Waals surface area contributed by atoms with Gasteiger partial charge in [0.05, 0.1) is 18.2 Å². The van der Waals surface area contributed by atoms with Crippen LogP contribution >= 0.6 is 0 Å². The maximum Gasteiger partial charge on any atom is 0.335 e. The lowest BCUT2D eigenvalue weighted by atomic mass is 10.1. The summed E-state index contributed by atoms with van der Waals surface area (Å²) in [6.45, 7) is 7.76. The number of hydrogen-bond donors (Lipinski definition) is 1. The SMILES string of the molecule is C=C(C(=O)OCC)C(C)Nc1ccccc1. The van der Waals surface area contributed by atoms with Gasteiger partial charge in [0.15, 0.2) is 0 Å². The third-order valence-corrected chi connectivity index (χ3v) is 2.22. The fourth-order valence-electron chi connectivity index (χ4n) is 1.27. The van der Waals surface area contributed by atoms with Crippen LogP contribution in [0.2, 0.25) is 0 Å². The van der Waals surface area contributed by atoms with E-state index in [1.807, 2.05) is 37.3 Å². The van der Waals surface area contributed by atoms with E-state index in [9.17, 15) is 4.79 Å². The topological polar surface area (TPSA) is 38.3 Å². The van der Waals surface area contributed by atoms with E-state index in [0.29, 0.717) is 12.2 Å². The molecular weight excluding hydrogens is 202 g/mol. The van der Waals surface area contributed by atoms with Crippen LogP contribution in [0.4, 0.5) is 5.69 Å². The van der Waals surface area contributed by atoms with E-state index in [4.69, 9.17) is 4.74 Å². The predicted molar refractivity (Wildman–Crippen MR) is 65.3 cm³/mol. The highest BCUT2D eigenvalue weighted by Gasteiger charge is 2.15. The molecule has 0 aliphatic carbocycles. The number of para-hydroxylation sites is 1. The normalized spacial score (nSPS) is 11.6. The molecule has 0 fully saturated rings. The Kier molecular flexibility index (Phi) is 4.58. The van der Waals surface area contributed by atoms with Gasteiger partial charge in [-0.05, 0) is 26.0 Å². The van der Waals surface area contributed by atoms with Gasteiger partial charge in [-0.2, -0.15) is 0 Å². The zero-order valence-electron chi connectivity index (χ0n) is 9.69. The highest BCUT2D eigenvalue weighted by molar-refractivity contribution is 5.89. The predicted octanol–water partition coefficient (Wildman–Crippen LogP) is 2.61. The molecule has 0 amide bonds. The molecule has 1 rings (SSSR count). The van der Waals surface area contributed by atoms with Crippen molar-refractivity contribution >= 4 is 11.7 Å². The number of anilines is 1.